The molecule has 7 nitrogen and oxygen atoms in total. The zero-order valence-electron chi connectivity index (χ0n) is 15.6. The van der Waals surface area contributed by atoms with Crippen molar-refractivity contribution >= 4 is 18.3 Å². The van der Waals surface area contributed by atoms with E-state index in [9.17, 15) is 18.0 Å². The standard InChI is InChI=1S/C18H22F3N5O2.ClH/c19-18(20,21)13-3-1-4-14(11-13)26-12-16(23-24-26)17(27)25-8-5-15(6-9-25)28-10-2-7-22;/h1,3-4,11-12,15H,2,5-10,22H2;1H. The lowest BCUT2D eigenvalue weighted by molar-refractivity contribution is -0.137. The molecule has 3 rings (SSSR count). The summed E-state index contributed by atoms with van der Waals surface area (Å²) >= 11 is 0. The summed E-state index contributed by atoms with van der Waals surface area (Å²) in [5.41, 5.74) is 4.94. The van der Waals surface area contributed by atoms with Crippen LogP contribution in [0.1, 0.15) is 35.3 Å². The van der Waals surface area contributed by atoms with Gasteiger partial charge >= 0.3 is 6.18 Å². The van der Waals surface area contributed by atoms with Crippen molar-refractivity contribution in [2.45, 2.75) is 31.5 Å². The number of nitrogens with zero attached hydrogens (tertiary/aromatic N) is 4. The van der Waals surface area contributed by atoms with Gasteiger partial charge in [0.2, 0.25) is 0 Å². The molecule has 1 aliphatic heterocycles. The molecule has 1 aromatic carbocycles. The number of amides is 1. The first kappa shape index (κ1) is 23.1. The molecule has 0 bridgehead atoms. The summed E-state index contributed by atoms with van der Waals surface area (Å²) in [5.74, 6) is -0.293. The number of hydrogen-bond acceptors (Lipinski definition) is 5. The number of aromatic nitrogens is 3. The third-order valence-corrected chi connectivity index (χ3v) is 4.58. The summed E-state index contributed by atoms with van der Waals surface area (Å²) in [5, 5.41) is 7.64. The van der Waals surface area contributed by atoms with Crippen molar-refractivity contribution in [1.29, 1.82) is 0 Å². The van der Waals surface area contributed by atoms with Crippen LogP contribution >= 0.6 is 12.4 Å². The van der Waals surface area contributed by atoms with Gasteiger partial charge in [-0.25, -0.2) is 4.68 Å². The van der Waals surface area contributed by atoms with E-state index < -0.39 is 11.7 Å². The maximum atomic E-state index is 12.9. The molecule has 1 saturated heterocycles. The van der Waals surface area contributed by atoms with Gasteiger partial charge in [-0.05, 0) is 44.0 Å². The van der Waals surface area contributed by atoms with Crippen molar-refractivity contribution in [1.82, 2.24) is 19.9 Å². The smallest absolute Gasteiger partial charge is 0.378 e. The molecule has 29 heavy (non-hydrogen) atoms. The zero-order valence-corrected chi connectivity index (χ0v) is 16.5. The molecule has 1 aliphatic rings. The van der Waals surface area contributed by atoms with Crippen molar-refractivity contribution < 1.29 is 22.7 Å². The van der Waals surface area contributed by atoms with E-state index in [1.165, 1.54) is 23.0 Å². The number of rotatable bonds is 6. The number of likely N-dealkylation sites (tertiary alicyclic amines) is 1. The topological polar surface area (TPSA) is 86.3 Å². The Morgan fingerprint density at radius 3 is 2.66 bits per heavy atom. The van der Waals surface area contributed by atoms with Crippen LogP contribution in [0, 0.1) is 0 Å². The quantitative estimate of drug-likeness (QED) is 0.708. The number of halogens is 4. The summed E-state index contributed by atoms with van der Waals surface area (Å²) in [6.07, 6.45) is -0.752. The van der Waals surface area contributed by atoms with Crippen LogP contribution in [-0.4, -0.2) is 58.1 Å². The fourth-order valence-electron chi connectivity index (χ4n) is 3.03. The molecule has 0 aliphatic carbocycles. The summed E-state index contributed by atoms with van der Waals surface area (Å²) in [4.78, 5) is 14.3. The summed E-state index contributed by atoms with van der Waals surface area (Å²) in [6, 6.07) is 4.71. The van der Waals surface area contributed by atoms with Gasteiger partial charge in [0.1, 0.15) is 0 Å². The predicted molar refractivity (Wildman–Crippen MR) is 102 cm³/mol. The Morgan fingerprint density at radius 1 is 1.28 bits per heavy atom. The molecule has 160 valence electrons. The van der Waals surface area contributed by atoms with Gasteiger partial charge in [0.15, 0.2) is 5.69 Å². The lowest BCUT2D eigenvalue weighted by Crippen LogP contribution is -2.41. The van der Waals surface area contributed by atoms with Gasteiger partial charge in [0.25, 0.3) is 5.91 Å². The second kappa shape index (κ2) is 10.0. The third-order valence-electron chi connectivity index (χ3n) is 4.58. The number of piperidine rings is 1. The second-order valence-corrected chi connectivity index (χ2v) is 6.60. The molecule has 0 saturated carbocycles. The van der Waals surface area contributed by atoms with E-state index in [4.69, 9.17) is 10.5 Å². The molecular formula is C18H23ClF3N5O2. The van der Waals surface area contributed by atoms with Gasteiger partial charge in [0, 0.05) is 19.7 Å². The minimum atomic E-state index is -4.45. The SMILES string of the molecule is Cl.NCCCOC1CCN(C(=O)c2cn(-c3cccc(C(F)(F)F)c3)nn2)CC1. The summed E-state index contributed by atoms with van der Waals surface area (Å²) in [6.45, 7) is 2.25. The molecule has 2 N–H and O–H groups in total. The first-order valence-corrected chi connectivity index (χ1v) is 9.09. The molecular weight excluding hydrogens is 411 g/mol. The molecule has 1 aromatic heterocycles. The molecule has 2 heterocycles. The number of alkyl halides is 3. The third kappa shape index (κ3) is 5.91. The van der Waals surface area contributed by atoms with E-state index in [0.29, 0.717) is 26.2 Å². The average molecular weight is 434 g/mol. The number of hydrogen-bond donors (Lipinski definition) is 1. The lowest BCUT2D eigenvalue weighted by atomic mass is 10.1. The van der Waals surface area contributed by atoms with Gasteiger partial charge in [-0.3, -0.25) is 4.79 Å². The molecule has 0 unspecified atom stereocenters. The summed E-state index contributed by atoms with van der Waals surface area (Å²) < 4.78 is 45.5. The fourth-order valence-corrected chi connectivity index (χ4v) is 3.03. The van der Waals surface area contributed by atoms with Crippen molar-refractivity contribution in [3.05, 3.63) is 41.7 Å². The monoisotopic (exact) mass is 433 g/mol. The van der Waals surface area contributed by atoms with Gasteiger partial charge in [-0.2, -0.15) is 13.2 Å². The van der Waals surface area contributed by atoms with Crippen molar-refractivity contribution in [2.24, 2.45) is 5.73 Å². The Bertz CT molecular complexity index is 807. The molecule has 0 spiro atoms. The molecule has 1 fully saturated rings. The van der Waals surface area contributed by atoms with Crippen LogP contribution in [0.4, 0.5) is 13.2 Å². The van der Waals surface area contributed by atoms with Crippen LogP contribution in [0.25, 0.3) is 5.69 Å². The highest BCUT2D eigenvalue weighted by Crippen LogP contribution is 2.30. The fraction of sp³-hybridized carbons (Fsp3) is 0.500. The number of carbonyl (C=O) groups is 1. The van der Waals surface area contributed by atoms with Crippen LogP contribution < -0.4 is 5.73 Å². The van der Waals surface area contributed by atoms with Crippen LogP contribution in [0.2, 0.25) is 0 Å². The average Bonchev–Trinajstić information content (AvgIpc) is 3.18. The molecule has 2 aromatic rings. The Labute approximate surface area is 172 Å². The summed E-state index contributed by atoms with van der Waals surface area (Å²) in [7, 11) is 0. The first-order chi connectivity index (χ1) is 13.4. The number of benzene rings is 1. The number of ether oxygens (including phenoxy) is 1. The van der Waals surface area contributed by atoms with Crippen LogP contribution in [0.15, 0.2) is 30.5 Å². The molecule has 0 radical (unpaired) electrons. The first-order valence-electron chi connectivity index (χ1n) is 9.09. The Balaban J connectivity index is 0.00000300. The second-order valence-electron chi connectivity index (χ2n) is 6.60. The highest BCUT2D eigenvalue weighted by molar-refractivity contribution is 5.92. The Morgan fingerprint density at radius 2 is 2.00 bits per heavy atom. The van der Waals surface area contributed by atoms with E-state index in [1.807, 2.05) is 0 Å². The van der Waals surface area contributed by atoms with Crippen LogP contribution in [0.5, 0.6) is 0 Å². The van der Waals surface area contributed by atoms with Crippen molar-refractivity contribution in [3.8, 4) is 5.69 Å². The number of nitrogens with two attached hydrogens (primary N) is 1. The molecule has 0 atom stereocenters. The van der Waals surface area contributed by atoms with Gasteiger partial charge in [-0.1, -0.05) is 11.3 Å². The predicted octanol–water partition coefficient (Wildman–Crippen LogP) is 2.68. The van der Waals surface area contributed by atoms with Gasteiger partial charge < -0.3 is 15.4 Å². The van der Waals surface area contributed by atoms with Crippen molar-refractivity contribution in [3.63, 3.8) is 0 Å². The van der Waals surface area contributed by atoms with Crippen LogP contribution in [0.3, 0.4) is 0 Å². The van der Waals surface area contributed by atoms with Crippen LogP contribution in [-0.2, 0) is 10.9 Å². The lowest BCUT2D eigenvalue weighted by Gasteiger charge is -2.31. The van der Waals surface area contributed by atoms with E-state index in [1.54, 1.807) is 4.90 Å². The molecule has 1 amide bonds. The number of carbonyl (C=O) groups excluding carboxylic acids is 1. The normalized spacial score (nSPS) is 15.2. The van der Waals surface area contributed by atoms with E-state index >= 15 is 0 Å². The Hall–Kier alpha value is -2.17. The highest BCUT2D eigenvalue weighted by Gasteiger charge is 2.31. The maximum Gasteiger partial charge on any atom is 0.416 e. The van der Waals surface area contributed by atoms with Crippen molar-refractivity contribution in [2.75, 3.05) is 26.2 Å². The van der Waals surface area contributed by atoms with E-state index in [0.717, 1.165) is 31.4 Å². The minimum Gasteiger partial charge on any atom is -0.378 e. The zero-order chi connectivity index (χ0) is 20.1. The van der Waals surface area contributed by atoms with Gasteiger partial charge in [-0.15, -0.1) is 17.5 Å². The van der Waals surface area contributed by atoms with Gasteiger partial charge in [0.05, 0.1) is 23.6 Å². The Kier molecular flexibility index (Phi) is 8.00. The maximum absolute atomic E-state index is 12.9. The largest absolute Gasteiger partial charge is 0.416 e. The van der Waals surface area contributed by atoms with E-state index in [2.05, 4.69) is 10.3 Å². The highest BCUT2D eigenvalue weighted by atomic mass is 35.5. The molecule has 11 heteroatoms. The van der Waals surface area contributed by atoms with E-state index in [-0.39, 0.29) is 35.8 Å². The minimum absolute atomic E-state index is 0.